The molecule has 14 heavy (non-hydrogen) atoms. The number of H-pyrrole nitrogens is 1. The van der Waals surface area contributed by atoms with Gasteiger partial charge in [-0.15, -0.1) is 0 Å². The molecule has 0 aliphatic carbocycles. The Hall–Kier alpha value is -1.41. The molecule has 0 aliphatic rings. The molecule has 0 radical (unpaired) electrons. The van der Waals surface area contributed by atoms with Crippen molar-refractivity contribution in [3.8, 4) is 0 Å². The van der Waals surface area contributed by atoms with Gasteiger partial charge in [0.2, 0.25) is 0 Å². The number of rotatable bonds is 1. The van der Waals surface area contributed by atoms with Crippen molar-refractivity contribution >= 4 is 27.9 Å². The van der Waals surface area contributed by atoms with E-state index in [-0.39, 0.29) is 0 Å². The molecule has 0 unspecified atom stereocenters. The molecule has 1 heterocycles. The third kappa shape index (κ3) is 4.58. The van der Waals surface area contributed by atoms with Gasteiger partial charge in [0.1, 0.15) is 0 Å². The van der Waals surface area contributed by atoms with Gasteiger partial charge in [-0.25, -0.2) is 9.59 Å². The number of hydrogen-bond donors (Lipinski definition) is 4. The number of carboxylic acid groups (broad SMARTS) is 2. The van der Waals surface area contributed by atoms with Gasteiger partial charge >= 0.3 is 11.9 Å². The SMILES string of the molecule is NCc1[nH]ncc1Br.O=C(O)C(=O)O. The van der Waals surface area contributed by atoms with Crippen LogP contribution in [0.5, 0.6) is 0 Å². The van der Waals surface area contributed by atoms with Crippen molar-refractivity contribution in [3.05, 3.63) is 16.4 Å². The molecule has 1 aromatic rings. The van der Waals surface area contributed by atoms with Gasteiger partial charge in [0.05, 0.1) is 16.4 Å². The minimum Gasteiger partial charge on any atom is -0.473 e. The average molecular weight is 266 g/mol. The first-order valence-electron chi connectivity index (χ1n) is 3.33. The minimum atomic E-state index is -1.82. The lowest BCUT2D eigenvalue weighted by atomic mass is 10.4. The van der Waals surface area contributed by atoms with Crippen LogP contribution < -0.4 is 5.73 Å². The molecule has 0 spiro atoms. The predicted octanol–water partition coefficient (Wildman–Crippen LogP) is -0.214. The Labute approximate surface area is 87.0 Å². The van der Waals surface area contributed by atoms with Crippen molar-refractivity contribution in [2.45, 2.75) is 6.54 Å². The number of aromatic nitrogens is 2. The van der Waals surface area contributed by atoms with E-state index in [1.807, 2.05) is 0 Å². The Morgan fingerprint density at radius 2 is 2.00 bits per heavy atom. The Morgan fingerprint density at radius 1 is 1.50 bits per heavy atom. The van der Waals surface area contributed by atoms with Crippen LogP contribution in [0.2, 0.25) is 0 Å². The van der Waals surface area contributed by atoms with E-state index in [2.05, 4.69) is 26.1 Å². The van der Waals surface area contributed by atoms with Crippen molar-refractivity contribution < 1.29 is 19.8 Å². The van der Waals surface area contributed by atoms with Crippen LogP contribution in [-0.4, -0.2) is 32.3 Å². The number of carbonyl (C=O) groups is 2. The number of hydrogen-bond acceptors (Lipinski definition) is 4. The molecule has 0 saturated carbocycles. The largest absolute Gasteiger partial charge is 0.473 e. The average Bonchev–Trinajstić information content (AvgIpc) is 2.51. The summed E-state index contributed by atoms with van der Waals surface area (Å²) in [5.41, 5.74) is 6.23. The smallest absolute Gasteiger partial charge is 0.414 e. The van der Waals surface area contributed by atoms with Gasteiger partial charge < -0.3 is 15.9 Å². The van der Waals surface area contributed by atoms with E-state index in [4.69, 9.17) is 25.5 Å². The quantitative estimate of drug-likeness (QED) is 0.520. The van der Waals surface area contributed by atoms with Crippen LogP contribution in [-0.2, 0) is 16.1 Å². The van der Waals surface area contributed by atoms with Crippen LogP contribution in [0.3, 0.4) is 0 Å². The molecule has 0 saturated heterocycles. The van der Waals surface area contributed by atoms with Crippen LogP contribution in [0, 0.1) is 0 Å². The molecule has 0 amide bonds. The van der Waals surface area contributed by atoms with Crippen LogP contribution >= 0.6 is 15.9 Å². The summed E-state index contributed by atoms with van der Waals surface area (Å²) in [5.74, 6) is -3.65. The number of nitrogens with two attached hydrogens (primary N) is 1. The summed E-state index contributed by atoms with van der Waals surface area (Å²) in [7, 11) is 0. The molecule has 1 aromatic heterocycles. The van der Waals surface area contributed by atoms with Crippen molar-refractivity contribution in [1.29, 1.82) is 0 Å². The zero-order valence-corrected chi connectivity index (χ0v) is 8.48. The van der Waals surface area contributed by atoms with E-state index >= 15 is 0 Å². The maximum Gasteiger partial charge on any atom is 0.414 e. The maximum absolute atomic E-state index is 9.10. The second-order valence-electron chi connectivity index (χ2n) is 2.01. The maximum atomic E-state index is 9.10. The molecule has 0 fully saturated rings. The van der Waals surface area contributed by atoms with E-state index in [9.17, 15) is 0 Å². The lowest BCUT2D eigenvalue weighted by Crippen LogP contribution is -2.09. The lowest BCUT2D eigenvalue weighted by molar-refractivity contribution is -0.159. The third-order valence-electron chi connectivity index (χ3n) is 1.05. The summed E-state index contributed by atoms with van der Waals surface area (Å²) in [6, 6.07) is 0. The first-order chi connectivity index (χ1) is 6.49. The molecule has 0 aliphatic heterocycles. The minimum absolute atomic E-state index is 0.501. The highest BCUT2D eigenvalue weighted by Crippen LogP contribution is 2.10. The van der Waals surface area contributed by atoms with Gasteiger partial charge in [-0.2, -0.15) is 5.10 Å². The van der Waals surface area contributed by atoms with Gasteiger partial charge in [-0.05, 0) is 15.9 Å². The highest BCUT2D eigenvalue weighted by molar-refractivity contribution is 9.10. The Morgan fingerprint density at radius 3 is 2.14 bits per heavy atom. The number of nitrogens with zero attached hydrogens (tertiary/aromatic N) is 1. The fourth-order valence-electron chi connectivity index (χ4n) is 0.441. The standard InChI is InChI=1S/C4H6BrN3.C2H2O4/c5-3-2-7-8-4(3)1-6;3-1(4)2(5)6/h2H,1,6H2,(H,7,8);(H,3,4)(H,5,6). The molecule has 5 N–H and O–H groups in total. The normalized spacial score (nSPS) is 8.71. The van der Waals surface area contributed by atoms with Gasteiger partial charge in [0, 0.05) is 6.54 Å². The zero-order chi connectivity index (χ0) is 11.1. The topological polar surface area (TPSA) is 129 Å². The molecular weight excluding hydrogens is 258 g/mol. The molecule has 0 atom stereocenters. The van der Waals surface area contributed by atoms with E-state index in [0.717, 1.165) is 10.2 Å². The van der Waals surface area contributed by atoms with Crippen molar-refractivity contribution in [2.75, 3.05) is 0 Å². The Bertz CT molecular complexity index is 313. The highest BCUT2D eigenvalue weighted by atomic mass is 79.9. The molecule has 0 aromatic carbocycles. The third-order valence-corrected chi connectivity index (χ3v) is 1.74. The zero-order valence-electron chi connectivity index (χ0n) is 6.90. The summed E-state index contributed by atoms with van der Waals surface area (Å²) in [6.07, 6.45) is 1.68. The number of aliphatic carboxylic acids is 2. The van der Waals surface area contributed by atoms with Gasteiger partial charge in [-0.1, -0.05) is 0 Å². The highest BCUT2D eigenvalue weighted by Gasteiger charge is 2.04. The van der Waals surface area contributed by atoms with E-state index in [1.165, 1.54) is 0 Å². The Kier molecular flexibility index (Phi) is 5.49. The Balaban J connectivity index is 0.000000255. The molecule has 1 rings (SSSR count). The van der Waals surface area contributed by atoms with Crippen molar-refractivity contribution in [1.82, 2.24) is 10.2 Å². The molecular formula is C6H8BrN3O4. The predicted molar refractivity (Wildman–Crippen MR) is 49.5 cm³/mol. The number of halogens is 1. The fourth-order valence-corrected chi connectivity index (χ4v) is 0.794. The first-order valence-corrected chi connectivity index (χ1v) is 4.12. The number of aromatic amines is 1. The summed E-state index contributed by atoms with van der Waals surface area (Å²) < 4.78 is 0.944. The number of nitrogens with one attached hydrogen (secondary N) is 1. The summed E-state index contributed by atoms with van der Waals surface area (Å²) in [5, 5.41) is 21.3. The van der Waals surface area contributed by atoms with E-state index in [1.54, 1.807) is 6.20 Å². The molecule has 0 bridgehead atoms. The van der Waals surface area contributed by atoms with Crippen molar-refractivity contribution in [2.24, 2.45) is 5.73 Å². The van der Waals surface area contributed by atoms with E-state index in [0.29, 0.717) is 6.54 Å². The van der Waals surface area contributed by atoms with Crippen LogP contribution in [0.1, 0.15) is 5.69 Å². The second-order valence-corrected chi connectivity index (χ2v) is 2.87. The molecule has 78 valence electrons. The van der Waals surface area contributed by atoms with Crippen LogP contribution in [0.25, 0.3) is 0 Å². The van der Waals surface area contributed by atoms with Gasteiger partial charge in [-0.3, -0.25) is 5.10 Å². The first kappa shape index (κ1) is 12.6. The lowest BCUT2D eigenvalue weighted by Gasteiger charge is -1.85. The number of carboxylic acids is 2. The monoisotopic (exact) mass is 265 g/mol. The molecule has 8 heteroatoms. The van der Waals surface area contributed by atoms with Crippen LogP contribution in [0.15, 0.2) is 10.7 Å². The van der Waals surface area contributed by atoms with Gasteiger partial charge in [0.15, 0.2) is 0 Å². The second kappa shape index (κ2) is 6.11. The fraction of sp³-hybridized carbons (Fsp3) is 0.167. The molecule has 7 nitrogen and oxygen atoms in total. The van der Waals surface area contributed by atoms with Crippen molar-refractivity contribution in [3.63, 3.8) is 0 Å². The summed E-state index contributed by atoms with van der Waals surface area (Å²) >= 11 is 3.25. The van der Waals surface area contributed by atoms with Gasteiger partial charge in [0.25, 0.3) is 0 Å². The van der Waals surface area contributed by atoms with E-state index < -0.39 is 11.9 Å². The van der Waals surface area contributed by atoms with Crippen LogP contribution in [0.4, 0.5) is 0 Å². The summed E-state index contributed by atoms with van der Waals surface area (Å²) in [4.78, 5) is 18.2. The summed E-state index contributed by atoms with van der Waals surface area (Å²) in [6.45, 7) is 0.501.